The lowest BCUT2D eigenvalue weighted by Gasteiger charge is -2.05. The number of rotatable bonds is 7. The van der Waals surface area contributed by atoms with Gasteiger partial charge in [-0.15, -0.1) is 0 Å². The minimum absolute atomic E-state index is 0.183. The Hall–Kier alpha value is -0.250. The molecule has 0 aromatic rings. The van der Waals surface area contributed by atoms with Crippen molar-refractivity contribution in [2.24, 2.45) is 0 Å². The van der Waals surface area contributed by atoms with Gasteiger partial charge in [-0.05, 0) is 12.8 Å². The fourth-order valence-corrected chi connectivity index (χ4v) is 1.14. The summed E-state index contributed by atoms with van der Waals surface area (Å²) in [4.78, 5) is 0. The highest BCUT2D eigenvalue weighted by Crippen LogP contribution is 2.23. The van der Waals surface area contributed by atoms with Crippen LogP contribution >= 0.6 is 0 Å². The molecule has 0 saturated carbocycles. The molecule has 0 unspecified atom stereocenters. The number of hydrogen-bond donors (Lipinski definition) is 1. The smallest absolute Gasteiger partial charge is 0.389 e. The van der Waals surface area contributed by atoms with Crippen molar-refractivity contribution in [3.63, 3.8) is 0 Å². The molecule has 0 aliphatic carbocycles. The Labute approximate surface area is 76.9 Å². The molecular weight excluding hydrogens is 181 g/mol. The molecule has 0 bridgehead atoms. The first-order chi connectivity index (χ1) is 6.06. The summed E-state index contributed by atoms with van der Waals surface area (Å²) < 4.78 is 35.0. The standard InChI is InChI=1S/C9H17F3O/c10-9(11,12)7-5-3-1-2-4-6-8-13/h13H,1-8H2. The van der Waals surface area contributed by atoms with E-state index in [9.17, 15) is 13.2 Å². The average Bonchev–Trinajstić information content (AvgIpc) is 2.01. The minimum atomic E-state index is -3.99. The van der Waals surface area contributed by atoms with E-state index in [4.69, 9.17) is 5.11 Å². The molecule has 1 nitrogen and oxygen atoms in total. The van der Waals surface area contributed by atoms with E-state index in [2.05, 4.69) is 0 Å². The van der Waals surface area contributed by atoms with Crippen molar-refractivity contribution in [1.82, 2.24) is 0 Å². The molecule has 0 heterocycles. The Kier molecular flexibility index (Phi) is 7.04. The lowest BCUT2D eigenvalue weighted by Crippen LogP contribution is -2.06. The minimum Gasteiger partial charge on any atom is -0.396 e. The summed E-state index contributed by atoms with van der Waals surface area (Å²) in [5.74, 6) is 0. The third kappa shape index (κ3) is 11.8. The normalized spacial score (nSPS) is 12.0. The fourth-order valence-electron chi connectivity index (χ4n) is 1.14. The molecule has 0 spiro atoms. The number of hydrogen-bond acceptors (Lipinski definition) is 1. The number of halogens is 3. The second kappa shape index (κ2) is 7.18. The van der Waals surface area contributed by atoms with Crippen molar-refractivity contribution in [2.45, 2.75) is 51.1 Å². The SMILES string of the molecule is OCCCCCCCCC(F)(F)F. The summed E-state index contributed by atoms with van der Waals surface area (Å²) in [7, 11) is 0. The zero-order valence-corrected chi connectivity index (χ0v) is 7.74. The predicted molar refractivity (Wildman–Crippen MR) is 45.5 cm³/mol. The maximum absolute atomic E-state index is 11.7. The summed E-state index contributed by atoms with van der Waals surface area (Å²) in [6.45, 7) is 0.183. The van der Waals surface area contributed by atoms with Gasteiger partial charge in [-0.3, -0.25) is 0 Å². The summed E-state index contributed by atoms with van der Waals surface area (Å²) in [6.07, 6.45) is -0.318. The fraction of sp³-hybridized carbons (Fsp3) is 1.00. The number of alkyl halides is 3. The van der Waals surface area contributed by atoms with Gasteiger partial charge in [0.15, 0.2) is 0 Å². The van der Waals surface area contributed by atoms with E-state index < -0.39 is 12.6 Å². The van der Waals surface area contributed by atoms with Crippen LogP contribution in [0.5, 0.6) is 0 Å². The summed E-state index contributed by atoms with van der Waals surface area (Å²) in [5, 5.41) is 8.43. The first-order valence-electron chi connectivity index (χ1n) is 4.74. The Morgan fingerprint density at radius 1 is 0.769 bits per heavy atom. The molecule has 13 heavy (non-hydrogen) atoms. The van der Waals surface area contributed by atoms with Crippen LogP contribution in [0, 0.1) is 0 Å². The molecule has 0 atom stereocenters. The lowest BCUT2D eigenvalue weighted by atomic mass is 10.1. The monoisotopic (exact) mass is 198 g/mol. The van der Waals surface area contributed by atoms with Gasteiger partial charge in [0.1, 0.15) is 0 Å². The van der Waals surface area contributed by atoms with E-state index in [1.807, 2.05) is 0 Å². The van der Waals surface area contributed by atoms with Gasteiger partial charge in [0.2, 0.25) is 0 Å². The average molecular weight is 198 g/mol. The third-order valence-corrected chi connectivity index (χ3v) is 1.87. The van der Waals surface area contributed by atoms with E-state index in [0.29, 0.717) is 6.42 Å². The Morgan fingerprint density at radius 2 is 1.23 bits per heavy atom. The van der Waals surface area contributed by atoms with Crippen molar-refractivity contribution in [2.75, 3.05) is 6.61 Å². The van der Waals surface area contributed by atoms with Gasteiger partial charge in [0.05, 0.1) is 0 Å². The van der Waals surface area contributed by atoms with Crippen LogP contribution in [0.15, 0.2) is 0 Å². The quantitative estimate of drug-likeness (QED) is 0.622. The molecule has 0 radical (unpaired) electrons. The largest absolute Gasteiger partial charge is 0.396 e. The highest BCUT2D eigenvalue weighted by molar-refractivity contribution is 4.51. The molecular formula is C9H17F3O. The van der Waals surface area contributed by atoms with Crippen molar-refractivity contribution < 1.29 is 18.3 Å². The van der Waals surface area contributed by atoms with Crippen LogP contribution in [0.2, 0.25) is 0 Å². The van der Waals surface area contributed by atoms with Crippen LogP contribution in [0.4, 0.5) is 13.2 Å². The van der Waals surface area contributed by atoms with Crippen LogP contribution in [0.25, 0.3) is 0 Å². The zero-order valence-electron chi connectivity index (χ0n) is 7.74. The predicted octanol–water partition coefficient (Wildman–Crippen LogP) is 3.27. The molecule has 0 amide bonds. The molecule has 4 heteroatoms. The van der Waals surface area contributed by atoms with Crippen LogP contribution in [-0.4, -0.2) is 17.9 Å². The number of aliphatic hydroxyl groups is 1. The maximum Gasteiger partial charge on any atom is 0.389 e. The Morgan fingerprint density at radius 3 is 1.69 bits per heavy atom. The van der Waals surface area contributed by atoms with Crippen LogP contribution in [0.3, 0.4) is 0 Å². The van der Waals surface area contributed by atoms with Crippen molar-refractivity contribution in [3.8, 4) is 0 Å². The van der Waals surface area contributed by atoms with Gasteiger partial charge in [-0.25, -0.2) is 0 Å². The van der Waals surface area contributed by atoms with Gasteiger partial charge >= 0.3 is 6.18 Å². The van der Waals surface area contributed by atoms with Crippen molar-refractivity contribution >= 4 is 0 Å². The van der Waals surface area contributed by atoms with Crippen LogP contribution < -0.4 is 0 Å². The second-order valence-electron chi connectivity index (χ2n) is 3.21. The molecule has 0 fully saturated rings. The molecule has 0 aromatic carbocycles. The molecule has 80 valence electrons. The van der Waals surface area contributed by atoms with Crippen LogP contribution in [0.1, 0.15) is 44.9 Å². The number of aliphatic hydroxyl groups excluding tert-OH is 1. The van der Waals surface area contributed by atoms with Gasteiger partial charge in [0, 0.05) is 13.0 Å². The molecule has 0 rings (SSSR count). The van der Waals surface area contributed by atoms with Crippen molar-refractivity contribution in [3.05, 3.63) is 0 Å². The first kappa shape index (κ1) is 12.8. The molecule has 0 saturated heterocycles. The van der Waals surface area contributed by atoms with Gasteiger partial charge in [0.25, 0.3) is 0 Å². The highest BCUT2D eigenvalue weighted by atomic mass is 19.4. The topological polar surface area (TPSA) is 20.2 Å². The van der Waals surface area contributed by atoms with E-state index >= 15 is 0 Å². The summed E-state index contributed by atoms with van der Waals surface area (Å²) >= 11 is 0. The van der Waals surface area contributed by atoms with Crippen molar-refractivity contribution in [1.29, 1.82) is 0 Å². The number of unbranched alkanes of at least 4 members (excludes halogenated alkanes) is 5. The van der Waals surface area contributed by atoms with E-state index in [0.717, 1.165) is 25.7 Å². The highest BCUT2D eigenvalue weighted by Gasteiger charge is 2.25. The third-order valence-electron chi connectivity index (χ3n) is 1.87. The van der Waals surface area contributed by atoms with Gasteiger partial charge in [-0.1, -0.05) is 25.7 Å². The summed E-state index contributed by atoms with van der Waals surface area (Å²) in [5.41, 5.74) is 0. The molecule has 1 N–H and O–H groups in total. The Bertz CT molecular complexity index is 112. The molecule has 0 aromatic heterocycles. The van der Waals surface area contributed by atoms with E-state index in [1.165, 1.54) is 0 Å². The second-order valence-corrected chi connectivity index (χ2v) is 3.21. The lowest BCUT2D eigenvalue weighted by molar-refractivity contribution is -0.135. The molecule has 0 aliphatic rings. The Balaban J connectivity index is 3.00. The van der Waals surface area contributed by atoms with Crippen LogP contribution in [-0.2, 0) is 0 Å². The van der Waals surface area contributed by atoms with E-state index in [-0.39, 0.29) is 13.0 Å². The van der Waals surface area contributed by atoms with Gasteiger partial charge < -0.3 is 5.11 Å². The maximum atomic E-state index is 11.7. The van der Waals surface area contributed by atoms with Gasteiger partial charge in [-0.2, -0.15) is 13.2 Å². The molecule has 0 aliphatic heterocycles. The van der Waals surface area contributed by atoms with E-state index in [1.54, 1.807) is 0 Å². The zero-order chi connectivity index (χ0) is 10.2. The first-order valence-corrected chi connectivity index (χ1v) is 4.74. The summed E-state index contributed by atoms with van der Waals surface area (Å²) in [6, 6.07) is 0.